The van der Waals surface area contributed by atoms with Gasteiger partial charge in [-0.2, -0.15) is 0 Å². The molecular formula is C17H20N2O4. The lowest BCUT2D eigenvalue weighted by atomic mass is 10.2. The van der Waals surface area contributed by atoms with Gasteiger partial charge in [-0.1, -0.05) is 19.1 Å². The summed E-state index contributed by atoms with van der Waals surface area (Å²) in [5, 5.41) is 5.48. The summed E-state index contributed by atoms with van der Waals surface area (Å²) in [7, 11) is 1.29. The minimum Gasteiger partial charge on any atom is -0.466 e. The van der Waals surface area contributed by atoms with E-state index < -0.39 is 5.97 Å². The van der Waals surface area contributed by atoms with Crippen LogP contribution >= 0.6 is 0 Å². The van der Waals surface area contributed by atoms with Crippen LogP contribution in [0, 0.1) is 11.8 Å². The molecule has 2 rings (SSSR count). The zero-order chi connectivity index (χ0) is 16.8. The fourth-order valence-corrected chi connectivity index (χ4v) is 2.14. The molecule has 122 valence electrons. The molecule has 23 heavy (non-hydrogen) atoms. The molecule has 1 fully saturated rings. The molecule has 2 amide bonds. The van der Waals surface area contributed by atoms with E-state index in [0.29, 0.717) is 17.2 Å². The second-order valence-corrected chi connectivity index (χ2v) is 5.53. The Kier molecular flexibility index (Phi) is 5.51. The first-order valence-corrected chi connectivity index (χ1v) is 7.45. The molecule has 2 atom stereocenters. The monoisotopic (exact) mass is 316 g/mol. The van der Waals surface area contributed by atoms with Crippen molar-refractivity contribution in [2.45, 2.75) is 13.3 Å². The molecule has 1 aliphatic carbocycles. The summed E-state index contributed by atoms with van der Waals surface area (Å²) in [6.45, 7) is 2.25. The molecule has 1 aromatic rings. The van der Waals surface area contributed by atoms with Crippen molar-refractivity contribution < 1.29 is 19.1 Å². The van der Waals surface area contributed by atoms with E-state index in [9.17, 15) is 14.4 Å². The van der Waals surface area contributed by atoms with Crippen LogP contribution in [-0.4, -0.2) is 31.4 Å². The lowest BCUT2D eigenvalue weighted by molar-refractivity contribution is -0.134. The van der Waals surface area contributed by atoms with Crippen LogP contribution in [0.1, 0.15) is 23.7 Å². The molecular weight excluding hydrogens is 296 g/mol. The van der Waals surface area contributed by atoms with Crippen LogP contribution in [0.25, 0.3) is 0 Å². The van der Waals surface area contributed by atoms with Gasteiger partial charge in [0.05, 0.1) is 7.11 Å². The Labute approximate surface area is 134 Å². The van der Waals surface area contributed by atoms with Gasteiger partial charge in [-0.3, -0.25) is 9.59 Å². The maximum absolute atomic E-state index is 12.0. The molecule has 0 unspecified atom stereocenters. The van der Waals surface area contributed by atoms with Crippen molar-refractivity contribution in [1.82, 2.24) is 5.32 Å². The highest BCUT2D eigenvalue weighted by Gasteiger charge is 2.39. The Balaban J connectivity index is 1.88. The topological polar surface area (TPSA) is 84.5 Å². The second-order valence-electron chi connectivity index (χ2n) is 5.53. The average Bonchev–Trinajstić information content (AvgIpc) is 3.28. The fourth-order valence-electron chi connectivity index (χ4n) is 2.14. The molecule has 0 bridgehead atoms. The number of ether oxygens (including phenoxy) is 1. The third kappa shape index (κ3) is 4.95. The van der Waals surface area contributed by atoms with Gasteiger partial charge in [-0.25, -0.2) is 4.79 Å². The van der Waals surface area contributed by atoms with Gasteiger partial charge in [0.2, 0.25) is 5.91 Å². The molecule has 0 aromatic heterocycles. The molecule has 0 radical (unpaired) electrons. The first kappa shape index (κ1) is 16.7. The van der Waals surface area contributed by atoms with Gasteiger partial charge in [-0.05, 0) is 30.5 Å². The van der Waals surface area contributed by atoms with Crippen molar-refractivity contribution in [3.63, 3.8) is 0 Å². The molecule has 0 spiro atoms. The summed E-state index contributed by atoms with van der Waals surface area (Å²) < 4.78 is 4.45. The van der Waals surface area contributed by atoms with E-state index in [-0.39, 0.29) is 24.3 Å². The molecule has 1 saturated carbocycles. The van der Waals surface area contributed by atoms with Gasteiger partial charge < -0.3 is 15.4 Å². The Bertz CT molecular complexity index is 639. The van der Waals surface area contributed by atoms with Crippen molar-refractivity contribution in [2.75, 3.05) is 19.0 Å². The first-order valence-electron chi connectivity index (χ1n) is 7.45. The zero-order valence-electron chi connectivity index (χ0n) is 13.2. The van der Waals surface area contributed by atoms with E-state index in [2.05, 4.69) is 15.4 Å². The van der Waals surface area contributed by atoms with Crippen LogP contribution in [-0.2, 0) is 14.3 Å². The molecule has 0 saturated heterocycles. The SMILES string of the molecule is COC(=O)/C=C/CNC(=O)c1cccc(NC(=O)[C@@H]2C[C@H]2C)c1. The van der Waals surface area contributed by atoms with Crippen molar-refractivity contribution >= 4 is 23.5 Å². The van der Waals surface area contributed by atoms with E-state index in [4.69, 9.17) is 0 Å². The number of hydrogen-bond donors (Lipinski definition) is 2. The molecule has 2 N–H and O–H groups in total. The smallest absolute Gasteiger partial charge is 0.330 e. The second kappa shape index (κ2) is 7.58. The van der Waals surface area contributed by atoms with Crippen LogP contribution < -0.4 is 10.6 Å². The molecule has 6 heteroatoms. The number of anilines is 1. The molecule has 0 aliphatic heterocycles. The number of carbonyl (C=O) groups excluding carboxylic acids is 3. The predicted molar refractivity (Wildman–Crippen MR) is 85.8 cm³/mol. The highest BCUT2D eigenvalue weighted by molar-refractivity contribution is 5.98. The average molecular weight is 316 g/mol. The minimum absolute atomic E-state index is 0.00364. The number of methoxy groups -OCH3 is 1. The van der Waals surface area contributed by atoms with Gasteiger partial charge in [0.25, 0.3) is 5.91 Å². The third-order valence-corrected chi connectivity index (χ3v) is 3.67. The van der Waals surface area contributed by atoms with Gasteiger partial charge >= 0.3 is 5.97 Å². The lowest BCUT2D eigenvalue weighted by Gasteiger charge is -2.07. The summed E-state index contributed by atoms with van der Waals surface area (Å²) >= 11 is 0. The molecule has 6 nitrogen and oxygen atoms in total. The molecule has 1 aromatic carbocycles. The Hall–Kier alpha value is -2.63. The Morgan fingerprint density at radius 1 is 1.35 bits per heavy atom. The van der Waals surface area contributed by atoms with Crippen LogP contribution in [0.4, 0.5) is 5.69 Å². The quantitative estimate of drug-likeness (QED) is 0.618. The maximum atomic E-state index is 12.0. The fraction of sp³-hybridized carbons (Fsp3) is 0.353. The number of amides is 2. The van der Waals surface area contributed by atoms with E-state index in [1.807, 2.05) is 6.92 Å². The Morgan fingerprint density at radius 2 is 2.09 bits per heavy atom. The van der Waals surface area contributed by atoms with Crippen molar-refractivity contribution in [1.29, 1.82) is 0 Å². The number of carbonyl (C=O) groups is 3. The predicted octanol–water partition coefficient (Wildman–Crippen LogP) is 1.74. The third-order valence-electron chi connectivity index (χ3n) is 3.67. The normalized spacial score (nSPS) is 19.2. The van der Waals surface area contributed by atoms with Gasteiger partial charge in [0.1, 0.15) is 0 Å². The van der Waals surface area contributed by atoms with Gasteiger partial charge in [0, 0.05) is 29.8 Å². The lowest BCUT2D eigenvalue weighted by Crippen LogP contribution is -2.23. The highest BCUT2D eigenvalue weighted by Crippen LogP contribution is 2.38. The number of rotatable bonds is 6. The highest BCUT2D eigenvalue weighted by atomic mass is 16.5. The Morgan fingerprint density at radius 3 is 2.74 bits per heavy atom. The summed E-state index contributed by atoms with van der Waals surface area (Å²) in [4.78, 5) is 34.8. The number of benzene rings is 1. The summed E-state index contributed by atoms with van der Waals surface area (Å²) in [6, 6.07) is 6.75. The largest absolute Gasteiger partial charge is 0.466 e. The van der Waals surface area contributed by atoms with Crippen molar-refractivity contribution in [2.24, 2.45) is 11.8 Å². The van der Waals surface area contributed by atoms with Gasteiger partial charge in [-0.15, -0.1) is 0 Å². The number of nitrogens with one attached hydrogen (secondary N) is 2. The molecule has 0 heterocycles. The van der Waals surface area contributed by atoms with E-state index in [1.54, 1.807) is 24.3 Å². The summed E-state index contributed by atoms with van der Waals surface area (Å²) in [5.74, 6) is -0.247. The van der Waals surface area contributed by atoms with E-state index in [1.165, 1.54) is 19.3 Å². The van der Waals surface area contributed by atoms with E-state index >= 15 is 0 Å². The maximum Gasteiger partial charge on any atom is 0.330 e. The summed E-state index contributed by atoms with van der Waals surface area (Å²) in [5.41, 5.74) is 1.05. The van der Waals surface area contributed by atoms with Crippen LogP contribution in [0.2, 0.25) is 0 Å². The van der Waals surface area contributed by atoms with Crippen LogP contribution in [0.5, 0.6) is 0 Å². The van der Waals surface area contributed by atoms with Gasteiger partial charge in [0.15, 0.2) is 0 Å². The van der Waals surface area contributed by atoms with E-state index in [0.717, 1.165) is 6.42 Å². The summed E-state index contributed by atoms with van der Waals surface area (Å²) in [6.07, 6.45) is 3.66. The minimum atomic E-state index is -0.474. The standard InChI is InChI=1S/C17H20N2O4/c1-11-9-14(11)17(22)19-13-6-3-5-12(10-13)16(21)18-8-4-7-15(20)23-2/h3-7,10-11,14H,8-9H2,1-2H3,(H,18,21)(H,19,22)/b7-4+/t11-,14-/m1/s1. The van der Waals surface area contributed by atoms with Crippen LogP contribution in [0.15, 0.2) is 36.4 Å². The molecule has 1 aliphatic rings. The number of hydrogen-bond acceptors (Lipinski definition) is 4. The number of esters is 1. The van der Waals surface area contributed by atoms with Crippen LogP contribution in [0.3, 0.4) is 0 Å². The van der Waals surface area contributed by atoms with Crippen molar-refractivity contribution in [3.05, 3.63) is 42.0 Å². The zero-order valence-corrected chi connectivity index (χ0v) is 13.2. The van der Waals surface area contributed by atoms with Crippen molar-refractivity contribution in [3.8, 4) is 0 Å². The first-order chi connectivity index (χ1) is 11.0.